The first-order chi connectivity index (χ1) is 9.08. The largest absolute Gasteiger partial charge is 0.493 e. The maximum atomic E-state index is 10.8. The van der Waals surface area contributed by atoms with Gasteiger partial charge in [0.05, 0.1) is 17.1 Å². The Bertz CT molecular complexity index is 458. The van der Waals surface area contributed by atoms with E-state index in [2.05, 4.69) is 12.2 Å². The fourth-order valence-electron chi connectivity index (χ4n) is 1.90. The molecule has 1 N–H and O–H groups in total. The van der Waals surface area contributed by atoms with Crippen LogP contribution in [0.2, 0.25) is 0 Å². The van der Waals surface area contributed by atoms with Gasteiger partial charge in [-0.2, -0.15) is 0 Å². The number of ether oxygens (including phenoxy) is 1. The van der Waals surface area contributed by atoms with Crippen molar-refractivity contribution in [3.8, 4) is 5.75 Å². The van der Waals surface area contributed by atoms with Crippen LogP contribution < -0.4 is 10.1 Å². The van der Waals surface area contributed by atoms with Crippen molar-refractivity contribution in [2.24, 2.45) is 5.92 Å². The Morgan fingerprint density at radius 1 is 1.53 bits per heavy atom. The first-order valence-corrected chi connectivity index (χ1v) is 6.68. The summed E-state index contributed by atoms with van der Waals surface area (Å²) >= 11 is 0. The number of benzene rings is 1. The van der Waals surface area contributed by atoms with Gasteiger partial charge in [0.1, 0.15) is 5.75 Å². The second-order valence-electron chi connectivity index (χ2n) is 5.26. The molecule has 1 aliphatic rings. The topological polar surface area (TPSA) is 64.4 Å². The lowest BCUT2D eigenvalue weighted by molar-refractivity contribution is -0.385. The molecule has 0 radical (unpaired) electrons. The van der Waals surface area contributed by atoms with Gasteiger partial charge in [0.2, 0.25) is 0 Å². The minimum atomic E-state index is -0.375. The van der Waals surface area contributed by atoms with E-state index in [1.165, 1.54) is 18.9 Å². The van der Waals surface area contributed by atoms with E-state index in [0.717, 1.165) is 6.54 Å². The molecular weight excluding hydrogens is 244 g/mol. The molecular formula is C14H20N2O3. The van der Waals surface area contributed by atoms with E-state index in [-0.39, 0.29) is 10.6 Å². The van der Waals surface area contributed by atoms with Gasteiger partial charge < -0.3 is 10.1 Å². The maximum absolute atomic E-state index is 10.8. The fourth-order valence-corrected chi connectivity index (χ4v) is 1.90. The van der Waals surface area contributed by atoms with E-state index >= 15 is 0 Å². The lowest BCUT2D eigenvalue weighted by Gasteiger charge is -2.15. The van der Waals surface area contributed by atoms with Crippen molar-refractivity contribution in [2.75, 3.05) is 13.2 Å². The van der Waals surface area contributed by atoms with E-state index in [0.29, 0.717) is 29.9 Å². The van der Waals surface area contributed by atoms with Gasteiger partial charge >= 0.3 is 0 Å². The van der Waals surface area contributed by atoms with Gasteiger partial charge in [0, 0.05) is 24.6 Å². The Labute approximate surface area is 113 Å². The minimum absolute atomic E-state index is 0.112. The molecule has 1 aliphatic carbocycles. The molecule has 5 heteroatoms. The summed E-state index contributed by atoms with van der Waals surface area (Å²) in [4.78, 5) is 10.5. The first kappa shape index (κ1) is 13.8. The van der Waals surface area contributed by atoms with Crippen molar-refractivity contribution in [3.05, 3.63) is 33.9 Å². The molecule has 1 aromatic rings. The quantitative estimate of drug-likeness (QED) is 0.607. The molecule has 0 saturated heterocycles. The predicted molar refractivity (Wildman–Crippen MR) is 73.5 cm³/mol. The Kier molecular flexibility index (Phi) is 4.37. The van der Waals surface area contributed by atoms with Gasteiger partial charge in [-0.1, -0.05) is 13.0 Å². The zero-order chi connectivity index (χ0) is 13.8. The highest BCUT2D eigenvalue weighted by Gasteiger charge is 2.21. The third-order valence-electron chi connectivity index (χ3n) is 3.31. The van der Waals surface area contributed by atoms with Crippen LogP contribution in [-0.2, 0) is 0 Å². The third-order valence-corrected chi connectivity index (χ3v) is 3.31. The van der Waals surface area contributed by atoms with Crippen molar-refractivity contribution in [3.63, 3.8) is 0 Å². The van der Waals surface area contributed by atoms with Crippen LogP contribution in [0.15, 0.2) is 18.2 Å². The van der Waals surface area contributed by atoms with Gasteiger partial charge in [-0.05, 0) is 25.8 Å². The molecule has 2 rings (SSSR count). The van der Waals surface area contributed by atoms with Crippen LogP contribution in [0, 0.1) is 23.0 Å². The summed E-state index contributed by atoms with van der Waals surface area (Å²) in [5, 5.41) is 14.3. The molecule has 0 bridgehead atoms. The summed E-state index contributed by atoms with van der Waals surface area (Å²) in [5.41, 5.74) is 0.705. The number of rotatable bonds is 7. The Morgan fingerprint density at radius 2 is 2.26 bits per heavy atom. The molecule has 0 spiro atoms. The molecule has 1 saturated carbocycles. The lowest BCUT2D eigenvalue weighted by atomic mass is 10.1. The number of nitro groups is 1. The van der Waals surface area contributed by atoms with Crippen LogP contribution in [-0.4, -0.2) is 24.1 Å². The van der Waals surface area contributed by atoms with Crippen LogP contribution in [0.5, 0.6) is 5.75 Å². The minimum Gasteiger partial charge on any atom is -0.493 e. The summed E-state index contributed by atoms with van der Waals surface area (Å²) in [6, 6.07) is 5.64. The molecule has 1 aromatic carbocycles. The molecule has 19 heavy (non-hydrogen) atoms. The van der Waals surface area contributed by atoms with Crippen LogP contribution in [0.4, 0.5) is 5.69 Å². The molecule has 0 aromatic heterocycles. The molecule has 0 amide bonds. The van der Waals surface area contributed by atoms with Crippen molar-refractivity contribution < 1.29 is 9.66 Å². The fraction of sp³-hybridized carbons (Fsp3) is 0.571. The lowest BCUT2D eigenvalue weighted by Crippen LogP contribution is -2.26. The summed E-state index contributed by atoms with van der Waals surface area (Å²) < 4.78 is 5.70. The van der Waals surface area contributed by atoms with Gasteiger partial charge in [-0.15, -0.1) is 0 Å². The molecule has 1 fully saturated rings. The monoisotopic (exact) mass is 264 g/mol. The SMILES string of the molecule is Cc1c(OCC(C)CNC2CC2)cccc1[N+](=O)[O-]. The van der Waals surface area contributed by atoms with Crippen molar-refractivity contribution in [2.45, 2.75) is 32.7 Å². The highest BCUT2D eigenvalue weighted by atomic mass is 16.6. The zero-order valence-electron chi connectivity index (χ0n) is 11.4. The zero-order valence-corrected chi connectivity index (χ0v) is 11.4. The standard InChI is InChI=1S/C14H20N2O3/c1-10(8-15-12-6-7-12)9-19-14-5-3-4-13(11(14)2)16(17)18/h3-5,10,12,15H,6-9H2,1-2H3. The Hall–Kier alpha value is -1.62. The van der Waals surface area contributed by atoms with Crippen molar-refractivity contribution in [1.82, 2.24) is 5.32 Å². The smallest absolute Gasteiger partial charge is 0.276 e. The van der Waals surface area contributed by atoms with Crippen LogP contribution in [0.1, 0.15) is 25.3 Å². The Morgan fingerprint density at radius 3 is 2.89 bits per heavy atom. The van der Waals surface area contributed by atoms with E-state index in [1.54, 1.807) is 19.1 Å². The van der Waals surface area contributed by atoms with Crippen molar-refractivity contribution in [1.29, 1.82) is 0 Å². The second kappa shape index (κ2) is 6.02. The molecule has 5 nitrogen and oxygen atoms in total. The summed E-state index contributed by atoms with van der Waals surface area (Å²) in [7, 11) is 0. The molecule has 1 atom stereocenters. The summed E-state index contributed by atoms with van der Waals surface area (Å²) in [6.07, 6.45) is 2.55. The first-order valence-electron chi connectivity index (χ1n) is 6.68. The number of hydrogen-bond acceptors (Lipinski definition) is 4. The molecule has 0 aliphatic heterocycles. The van der Waals surface area contributed by atoms with Crippen LogP contribution in [0.25, 0.3) is 0 Å². The predicted octanol–water partition coefficient (Wildman–Crippen LogP) is 2.67. The second-order valence-corrected chi connectivity index (χ2v) is 5.26. The van der Waals surface area contributed by atoms with Crippen molar-refractivity contribution >= 4 is 5.69 Å². The van der Waals surface area contributed by atoms with E-state index in [4.69, 9.17) is 4.74 Å². The van der Waals surface area contributed by atoms with Gasteiger partial charge in [-0.3, -0.25) is 10.1 Å². The Balaban J connectivity index is 1.87. The van der Waals surface area contributed by atoms with E-state index in [1.807, 2.05) is 0 Å². The average Bonchev–Trinajstić information content (AvgIpc) is 3.18. The van der Waals surface area contributed by atoms with E-state index in [9.17, 15) is 10.1 Å². The van der Waals surface area contributed by atoms with Gasteiger partial charge in [0.25, 0.3) is 5.69 Å². The highest BCUT2D eigenvalue weighted by Crippen LogP contribution is 2.27. The van der Waals surface area contributed by atoms with E-state index < -0.39 is 0 Å². The number of hydrogen-bond donors (Lipinski definition) is 1. The number of nitrogens with one attached hydrogen (secondary N) is 1. The number of nitrogens with zero attached hydrogens (tertiary/aromatic N) is 1. The van der Waals surface area contributed by atoms with Crippen LogP contribution >= 0.6 is 0 Å². The average molecular weight is 264 g/mol. The van der Waals surface area contributed by atoms with Crippen LogP contribution in [0.3, 0.4) is 0 Å². The summed E-state index contributed by atoms with van der Waals surface area (Å²) in [6.45, 7) is 5.34. The molecule has 104 valence electrons. The summed E-state index contributed by atoms with van der Waals surface area (Å²) in [5.74, 6) is 0.992. The third kappa shape index (κ3) is 3.92. The van der Waals surface area contributed by atoms with Gasteiger partial charge in [-0.25, -0.2) is 0 Å². The highest BCUT2D eigenvalue weighted by molar-refractivity contribution is 5.48. The molecule has 0 heterocycles. The normalized spacial score (nSPS) is 16.1. The number of nitro benzene ring substituents is 1. The maximum Gasteiger partial charge on any atom is 0.276 e. The van der Waals surface area contributed by atoms with Gasteiger partial charge in [0.15, 0.2) is 0 Å². The molecule has 1 unspecified atom stereocenters.